The molecule has 4 aromatic rings. The van der Waals surface area contributed by atoms with Crippen LogP contribution in [-0.4, -0.2) is 54.2 Å². The predicted molar refractivity (Wildman–Crippen MR) is 150 cm³/mol. The number of fused-ring (bicyclic) bond motifs is 3. The van der Waals surface area contributed by atoms with E-state index in [4.69, 9.17) is 28.4 Å². The highest BCUT2D eigenvalue weighted by molar-refractivity contribution is 5.86. The summed E-state index contributed by atoms with van der Waals surface area (Å²) < 4.78 is 32.4. The van der Waals surface area contributed by atoms with E-state index in [-0.39, 0.29) is 13.6 Å². The lowest BCUT2D eigenvalue weighted by Crippen LogP contribution is -2.28. The van der Waals surface area contributed by atoms with Crippen molar-refractivity contribution < 1.29 is 28.4 Å². The first-order valence-corrected chi connectivity index (χ1v) is 13.1. The standard InChI is InChI=1S/C33H34O6/c1-34-23-36-19-21-38-27-15-11-25(12-16-27)33(26-13-17-28(18-14-26)39-22-20-37-24-35-2)31-9-5-3-7-29(31)30-8-4-6-10-32(30)33/h3-18H,19-24H2,1-2H3. The Morgan fingerprint density at radius 1 is 0.487 bits per heavy atom. The topological polar surface area (TPSA) is 55.4 Å². The number of ether oxygens (including phenoxy) is 6. The minimum Gasteiger partial charge on any atom is -0.491 e. The van der Waals surface area contributed by atoms with Crippen LogP contribution in [0.1, 0.15) is 22.3 Å². The van der Waals surface area contributed by atoms with Gasteiger partial charge in [0.15, 0.2) is 0 Å². The Balaban J connectivity index is 1.50. The van der Waals surface area contributed by atoms with Crippen molar-refractivity contribution in [2.24, 2.45) is 0 Å². The normalized spacial score (nSPS) is 13.1. The highest BCUT2D eigenvalue weighted by atomic mass is 16.7. The van der Waals surface area contributed by atoms with Gasteiger partial charge in [0.05, 0.1) is 18.6 Å². The third kappa shape index (κ3) is 5.56. The molecule has 0 radical (unpaired) electrons. The van der Waals surface area contributed by atoms with Crippen molar-refractivity contribution >= 4 is 0 Å². The second-order valence-corrected chi connectivity index (χ2v) is 9.22. The van der Waals surface area contributed by atoms with Crippen LogP contribution in [0.5, 0.6) is 11.5 Å². The Morgan fingerprint density at radius 3 is 1.31 bits per heavy atom. The molecule has 6 nitrogen and oxygen atoms in total. The van der Waals surface area contributed by atoms with Crippen molar-refractivity contribution in [1.29, 1.82) is 0 Å². The first-order valence-electron chi connectivity index (χ1n) is 13.1. The van der Waals surface area contributed by atoms with E-state index in [0.29, 0.717) is 26.4 Å². The molecule has 0 amide bonds. The van der Waals surface area contributed by atoms with E-state index in [0.717, 1.165) is 11.5 Å². The SMILES string of the molecule is COCOCCOc1ccc(C2(c3ccc(OCCOCOC)cc3)c3ccccc3-c3ccccc32)cc1. The van der Waals surface area contributed by atoms with Crippen LogP contribution in [0, 0.1) is 0 Å². The maximum absolute atomic E-state index is 5.91. The van der Waals surface area contributed by atoms with Crippen LogP contribution in [0.15, 0.2) is 97.1 Å². The molecule has 0 fully saturated rings. The Bertz CT molecular complexity index is 1230. The summed E-state index contributed by atoms with van der Waals surface area (Å²) in [6.07, 6.45) is 0. The summed E-state index contributed by atoms with van der Waals surface area (Å²) in [4.78, 5) is 0. The summed E-state index contributed by atoms with van der Waals surface area (Å²) in [6.45, 7) is 2.36. The maximum Gasteiger partial charge on any atom is 0.146 e. The number of methoxy groups -OCH3 is 2. The van der Waals surface area contributed by atoms with Gasteiger partial charge in [0, 0.05) is 14.2 Å². The third-order valence-corrected chi connectivity index (χ3v) is 6.92. The number of hydrogen-bond donors (Lipinski definition) is 0. The third-order valence-electron chi connectivity index (χ3n) is 6.92. The highest BCUT2D eigenvalue weighted by Crippen LogP contribution is 2.56. The summed E-state index contributed by atoms with van der Waals surface area (Å²) in [6, 6.07) is 34.2. The molecule has 0 spiro atoms. The van der Waals surface area contributed by atoms with E-state index in [1.165, 1.54) is 33.4 Å². The van der Waals surface area contributed by atoms with Gasteiger partial charge < -0.3 is 28.4 Å². The molecule has 202 valence electrons. The molecule has 0 aliphatic heterocycles. The molecule has 0 unspecified atom stereocenters. The molecule has 39 heavy (non-hydrogen) atoms. The summed E-state index contributed by atoms with van der Waals surface area (Å²) in [5, 5.41) is 0. The molecule has 0 heterocycles. The van der Waals surface area contributed by atoms with Gasteiger partial charge in [-0.2, -0.15) is 0 Å². The van der Waals surface area contributed by atoms with Crippen LogP contribution in [0.3, 0.4) is 0 Å². The van der Waals surface area contributed by atoms with Gasteiger partial charge in [-0.1, -0.05) is 72.8 Å². The number of benzene rings is 4. The molecular weight excluding hydrogens is 492 g/mol. The zero-order valence-corrected chi connectivity index (χ0v) is 22.4. The lowest BCUT2D eigenvalue weighted by Gasteiger charge is -2.34. The number of rotatable bonds is 14. The van der Waals surface area contributed by atoms with E-state index >= 15 is 0 Å². The van der Waals surface area contributed by atoms with Gasteiger partial charge in [0.1, 0.15) is 38.3 Å². The second kappa shape index (κ2) is 12.9. The van der Waals surface area contributed by atoms with Crippen molar-refractivity contribution in [3.63, 3.8) is 0 Å². The van der Waals surface area contributed by atoms with Crippen LogP contribution >= 0.6 is 0 Å². The Morgan fingerprint density at radius 2 is 0.897 bits per heavy atom. The maximum atomic E-state index is 5.91. The quantitative estimate of drug-likeness (QED) is 0.130. The van der Waals surface area contributed by atoms with Crippen molar-refractivity contribution in [3.8, 4) is 22.6 Å². The summed E-state index contributed by atoms with van der Waals surface area (Å²) in [5.74, 6) is 1.60. The van der Waals surface area contributed by atoms with Gasteiger partial charge in [-0.05, 0) is 57.6 Å². The van der Waals surface area contributed by atoms with E-state index in [9.17, 15) is 0 Å². The Labute approximate surface area is 230 Å². The fourth-order valence-electron chi connectivity index (χ4n) is 5.35. The predicted octanol–water partition coefficient (Wildman–Crippen LogP) is 6.05. The lowest BCUT2D eigenvalue weighted by atomic mass is 9.68. The summed E-state index contributed by atoms with van der Waals surface area (Å²) in [7, 11) is 3.21. The van der Waals surface area contributed by atoms with Crippen LogP contribution in [-0.2, 0) is 24.4 Å². The average Bonchev–Trinajstić information content (AvgIpc) is 3.29. The molecule has 1 aliphatic carbocycles. The van der Waals surface area contributed by atoms with Gasteiger partial charge in [-0.25, -0.2) is 0 Å². The Kier molecular flexibility index (Phi) is 8.91. The fraction of sp³-hybridized carbons (Fsp3) is 0.273. The van der Waals surface area contributed by atoms with Crippen LogP contribution in [0.25, 0.3) is 11.1 Å². The highest BCUT2D eigenvalue weighted by Gasteiger charge is 2.45. The van der Waals surface area contributed by atoms with E-state index < -0.39 is 5.41 Å². The minimum absolute atomic E-state index is 0.259. The van der Waals surface area contributed by atoms with E-state index in [2.05, 4.69) is 72.8 Å². The first-order chi connectivity index (χ1) is 19.3. The van der Waals surface area contributed by atoms with Crippen LogP contribution in [0.4, 0.5) is 0 Å². The van der Waals surface area contributed by atoms with Crippen molar-refractivity contribution in [1.82, 2.24) is 0 Å². The Hall–Kier alpha value is -3.68. The van der Waals surface area contributed by atoms with E-state index in [1.54, 1.807) is 14.2 Å². The number of hydrogen-bond acceptors (Lipinski definition) is 6. The van der Waals surface area contributed by atoms with Crippen molar-refractivity contribution in [2.45, 2.75) is 5.41 Å². The van der Waals surface area contributed by atoms with Gasteiger partial charge in [-0.15, -0.1) is 0 Å². The van der Waals surface area contributed by atoms with Crippen molar-refractivity contribution in [2.75, 3.05) is 54.2 Å². The molecule has 0 N–H and O–H groups in total. The first kappa shape index (κ1) is 26.9. The monoisotopic (exact) mass is 526 g/mol. The smallest absolute Gasteiger partial charge is 0.146 e. The molecule has 0 saturated heterocycles. The molecular formula is C33H34O6. The second-order valence-electron chi connectivity index (χ2n) is 9.22. The van der Waals surface area contributed by atoms with Gasteiger partial charge in [0.25, 0.3) is 0 Å². The van der Waals surface area contributed by atoms with E-state index in [1.807, 2.05) is 24.3 Å². The zero-order valence-electron chi connectivity index (χ0n) is 22.4. The fourth-order valence-corrected chi connectivity index (χ4v) is 5.35. The summed E-state index contributed by atoms with van der Waals surface area (Å²) in [5.41, 5.74) is 6.88. The molecule has 1 aliphatic rings. The van der Waals surface area contributed by atoms with Gasteiger partial charge in [-0.3, -0.25) is 0 Å². The van der Waals surface area contributed by atoms with Gasteiger partial charge >= 0.3 is 0 Å². The molecule has 0 saturated carbocycles. The largest absolute Gasteiger partial charge is 0.491 e. The molecule has 0 aromatic heterocycles. The lowest BCUT2D eigenvalue weighted by molar-refractivity contribution is -0.0388. The molecule has 0 bridgehead atoms. The van der Waals surface area contributed by atoms with Gasteiger partial charge in [0.2, 0.25) is 0 Å². The molecule has 5 rings (SSSR count). The minimum atomic E-state index is -0.479. The molecule has 4 aromatic carbocycles. The zero-order chi connectivity index (χ0) is 26.9. The van der Waals surface area contributed by atoms with Crippen LogP contribution < -0.4 is 9.47 Å². The summed E-state index contributed by atoms with van der Waals surface area (Å²) >= 11 is 0. The van der Waals surface area contributed by atoms with Crippen LogP contribution in [0.2, 0.25) is 0 Å². The molecule has 6 heteroatoms. The average molecular weight is 527 g/mol. The molecule has 0 atom stereocenters. The van der Waals surface area contributed by atoms with Crippen molar-refractivity contribution in [3.05, 3.63) is 119 Å².